The van der Waals surface area contributed by atoms with Crippen molar-refractivity contribution in [3.63, 3.8) is 0 Å². The normalized spacial score (nSPS) is 17.2. The van der Waals surface area contributed by atoms with Gasteiger partial charge in [-0.3, -0.25) is 19.2 Å². The van der Waals surface area contributed by atoms with E-state index in [1.54, 1.807) is 19.2 Å². The number of carboxylic acid groups (broad SMARTS) is 1. The van der Waals surface area contributed by atoms with E-state index < -0.39 is 48.2 Å². The number of rotatable bonds is 9. The molecule has 3 N–H and O–H groups in total. The second-order valence-corrected chi connectivity index (χ2v) is 7.88. The second-order valence-electron chi connectivity index (χ2n) is 7.88. The first-order chi connectivity index (χ1) is 15.1. The average molecular weight is 447 g/mol. The van der Waals surface area contributed by atoms with Gasteiger partial charge in [0, 0.05) is 12.1 Å². The van der Waals surface area contributed by atoms with Crippen LogP contribution < -0.4 is 15.4 Å². The summed E-state index contributed by atoms with van der Waals surface area (Å²) >= 11 is 0. The van der Waals surface area contributed by atoms with Crippen LogP contribution in [0.5, 0.6) is 5.75 Å². The Morgan fingerprint density at radius 3 is 2.38 bits per heavy atom. The monoisotopic (exact) mass is 447 g/mol. The topological polar surface area (TPSA) is 142 Å². The van der Waals surface area contributed by atoms with Gasteiger partial charge in [0.05, 0.1) is 19.6 Å². The molecule has 0 bridgehead atoms. The van der Waals surface area contributed by atoms with E-state index in [0.29, 0.717) is 37.0 Å². The van der Waals surface area contributed by atoms with Crippen LogP contribution in [0.15, 0.2) is 12.1 Å². The number of aryl methyl sites for hydroxylation is 2. The number of nitrogens with zero attached hydrogens (tertiary/aromatic N) is 1. The minimum absolute atomic E-state index is 0.322. The zero-order valence-electron chi connectivity index (χ0n) is 18.6. The molecule has 1 aromatic carbocycles. The number of carbonyl (C=O) groups excluding carboxylic acids is 4. The van der Waals surface area contributed by atoms with Crippen LogP contribution in [0.1, 0.15) is 47.7 Å². The summed E-state index contributed by atoms with van der Waals surface area (Å²) in [5.74, 6) is -1.98. The van der Waals surface area contributed by atoms with Crippen LogP contribution in [0.2, 0.25) is 0 Å². The molecule has 1 fully saturated rings. The van der Waals surface area contributed by atoms with E-state index in [1.165, 1.54) is 11.8 Å². The van der Waals surface area contributed by atoms with Crippen LogP contribution in [0.3, 0.4) is 0 Å². The summed E-state index contributed by atoms with van der Waals surface area (Å²) in [4.78, 5) is 61.4. The van der Waals surface area contributed by atoms with E-state index in [4.69, 9.17) is 9.84 Å². The molecule has 174 valence electrons. The Balaban J connectivity index is 2.06. The first kappa shape index (κ1) is 24.8. The third-order valence-electron chi connectivity index (χ3n) is 5.37. The lowest BCUT2D eigenvalue weighted by molar-refractivity contribution is -0.141. The molecule has 0 saturated carbocycles. The molecular weight excluding hydrogens is 418 g/mol. The Kier molecular flexibility index (Phi) is 8.34. The van der Waals surface area contributed by atoms with Crippen molar-refractivity contribution in [3.8, 4) is 5.75 Å². The SMILES string of the molecule is COc1c(C)cc(C(=O)N[C@@H](C)C(=O)N2CCCC2C(=O)NC(C=O)CC(=O)O)cc1C. The third kappa shape index (κ3) is 5.83. The lowest BCUT2D eigenvalue weighted by atomic mass is 10.0. The Morgan fingerprint density at radius 2 is 1.84 bits per heavy atom. The maximum absolute atomic E-state index is 12.9. The summed E-state index contributed by atoms with van der Waals surface area (Å²) in [6.45, 7) is 5.50. The number of benzene rings is 1. The molecule has 1 aliphatic heterocycles. The van der Waals surface area contributed by atoms with Gasteiger partial charge in [-0.25, -0.2) is 0 Å². The molecule has 0 aromatic heterocycles. The fourth-order valence-corrected chi connectivity index (χ4v) is 3.90. The molecule has 1 saturated heterocycles. The highest BCUT2D eigenvalue weighted by molar-refractivity contribution is 5.99. The van der Waals surface area contributed by atoms with Crippen molar-refractivity contribution in [1.82, 2.24) is 15.5 Å². The summed E-state index contributed by atoms with van der Waals surface area (Å²) in [6.07, 6.45) is 0.775. The molecule has 0 radical (unpaired) electrons. The molecule has 0 aliphatic carbocycles. The van der Waals surface area contributed by atoms with Gasteiger partial charge >= 0.3 is 5.97 Å². The number of methoxy groups -OCH3 is 1. The van der Waals surface area contributed by atoms with Crippen molar-refractivity contribution >= 4 is 30.0 Å². The molecule has 2 unspecified atom stereocenters. The first-order valence-electron chi connectivity index (χ1n) is 10.3. The molecule has 3 atom stereocenters. The van der Waals surface area contributed by atoms with Gasteiger partial charge in [-0.15, -0.1) is 0 Å². The number of carbonyl (C=O) groups is 5. The van der Waals surface area contributed by atoms with E-state index in [-0.39, 0.29) is 0 Å². The van der Waals surface area contributed by atoms with Gasteiger partial charge in [-0.2, -0.15) is 0 Å². The van der Waals surface area contributed by atoms with Crippen molar-refractivity contribution < 1.29 is 33.8 Å². The van der Waals surface area contributed by atoms with Crippen molar-refractivity contribution in [2.45, 2.75) is 58.2 Å². The molecule has 1 heterocycles. The van der Waals surface area contributed by atoms with Gasteiger partial charge in [0.2, 0.25) is 11.8 Å². The highest BCUT2D eigenvalue weighted by Crippen LogP contribution is 2.24. The summed E-state index contributed by atoms with van der Waals surface area (Å²) in [7, 11) is 1.55. The Morgan fingerprint density at radius 1 is 1.22 bits per heavy atom. The molecule has 10 heteroatoms. The summed E-state index contributed by atoms with van der Waals surface area (Å²) < 4.78 is 5.30. The minimum atomic E-state index is -1.22. The number of amides is 3. The predicted octanol–water partition coefficient (Wildman–Crippen LogP) is 0.580. The molecule has 10 nitrogen and oxygen atoms in total. The Bertz CT molecular complexity index is 892. The summed E-state index contributed by atoms with van der Waals surface area (Å²) in [6, 6.07) is 0.457. The maximum Gasteiger partial charge on any atom is 0.305 e. The van der Waals surface area contributed by atoms with Crippen molar-refractivity contribution in [2.75, 3.05) is 13.7 Å². The Hall–Kier alpha value is -3.43. The lowest BCUT2D eigenvalue weighted by Crippen LogP contribution is -2.54. The summed E-state index contributed by atoms with van der Waals surface area (Å²) in [5.41, 5.74) is 1.97. The molecule has 3 amide bonds. The molecule has 1 aromatic rings. The third-order valence-corrected chi connectivity index (χ3v) is 5.37. The standard InChI is InChI=1S/C22H29N3O7/c1-12-8-15(9-13(2)19(12)32-4)20(29)23-14(3)22(31)25-7-5-6-17(25)21(30)24-16(11-26)10-18(27)28/h8-9,11,14,16-17H,5-7,10H2,1-4H3,(H,23,29)(H,24,30)(H,27,28)/t14-,16?,17?/m0/s1. The fourth-order valence-electron chi connectivity index (χ4n) is 3.90. The zero-order chi connectivity index (χ0) is 24.0. The Labute approximate surface area is 186 Å². The van der Waals surface area contributed by atoms with Gasteiger partial charge in [-0.1, -0.05) is 0 Å². The number of aliphatic carboxylic acids is 1. The molecule has 0 spiro atoms. The number of carboxylic acids is 1. The number of nitrogens with one attached hydrogen (secondary N) is 2. The van der Waals surface area contributed by atoms with Gasteiger partial charge in [-0.05, 0) is 56.9 Å². The number of aldehydes is 1. The largest absolute Gasteiger partial charge is 0.496 e. The van der Waals surface area contributed by atoms with Gasteiger partial charge in [0.25, 0.3) is 5.91 Å². The van der Waals surface area contributed by atoms with Gasteiger partial charge < -0.3 is 30.2 Å². The molecule has 32 heavy (non-hydrogen) atoms. The number of ether oxygens (including phenoxy) is 1. The van der Waals surface area contributed by atoms with Crippen molar-refractivity contribution in [2.24, 2.45) is 0 Å². The smallest absolute Gasteiger partial charge is 0.305 e. The van der Waals surface area contributed by atoms with Crippen LogP contribution in [-0.4, -0.2) is 71.8 Å². The van der Waals surface area contributed by atoms with Crippen LogP contribution in [0.25, 0.3) is 0 Å². The zero-order valence-corrected chi connectivity index (χ0v) is 18.6. The predicted molar refractivity (Wildman–Crippen MR) is 114 cm³/mol. The lowest BCUT2D eigenvalue weighted by Gasteiger charge is -2.28. The number of likely N-dealkylation sites (tertiary alicyclic amines) is 1. The number of hydrogen-bond donors (Lipinski definition) is 3. The van der Waals surface area contributed by atoms with Crippen LogP contribution in [0, 0.1) is 13.8 Å². The van der Waals surface area contributed by atoms with Crippen LogP contribution in [-0.2, 0) is 19.2 Å². The average Bonchev–Trinajstić information content (AvgIpc) is 3.21. The summed E-state index contributed by atoms with van der Waals surface area (Å²) in [5, 5.41) is 13.9. The fraction of sp³-hybridized carbons (Fsp3) is 0.500. The highest BCUT2D eigenvalue weighted by atomic mass is 16.5. The van der Waals surface area contributed by atoms with E-state index >= 15 is 0 Å². The van der Waals surface area contributed by atoms with E-state index in [1.807, 2.05) is 13.8 Å². The first-order valence-corrected chi connectivity index (χ1v) is 10.3. The molecule has 1 aliphatic rings. The van der Waals surface area contributed by atoms with E-state index in [2.05, 4.69) is 10.6 Å². The highest BCUT2D eigenvalue weighted by Gasteiger charge is 2.37. The van der Waals surface area contributed by atoms with Gasteiger partial charge in [0.15, 0.2) is 0 Å². The van der Waals surface area contributed by atoms with Crippen LogP contribution in [0.4, 0.5) is 0 Å². The van der Waals surface area contributed by atoms with Crippen molar-refractivity contribution in [3.05, 3.63) is 28.8 Å². The van der Waals surface area contributed by atoms with E-state index in [9.17, 15) is 24.0 Å². The maximum atomic E-state index is 12.9. The molecule has 2 rings (SSSR count). The van der Waals surface area contributed by atoms with Crippen LogP contribution >= 0.6 is 0 Å². The minimum Gasteiger partial charge on any atom is -0.496 e. The van der Waals surface area contributed by atoms with Crippen molar-refractivity contribution in [1.29, 1.82) is 0 Å². The second kappa shape index (κ2) is 10.7. The molecular formula is C22H29N3O7. The quantitative estimate of drug-likeness (QED) is 0.470. The van der Waals surface area contributed by atoms with E-state index in [0.717, 1.165) is 11.1 Å². The number of hydrogen-bond acceptors (Lipinski definition) is 6. The van der Waals surface area contributed by atoms with Gasteiger partial charge in [0.1, 0.15) is 24.1 Å².